The van der Waals surface area contributed by atoms with E-state index in [4.69, 9.17) is 5.73 Å². The molecule has 0 saturated heterocycles. The maximum absolute atomic E-state index is 10.4. The molecule has 2 nitrogen and oxygen atoms in total. The summed E-state index contributed by atoms with van der Waals surface area (Å²) in [4.78, 5) is 1.22. The molecule has 0 amide bonds. The molecule has 0 heterocycles. The van der Waals surface area contributed by atoms with E-state index in [1.807, 2.05) is 6.92 Å². The van der Waals surface area contributed by atoms with Gasteiger partial charge in [-0.2, -0.15) is 0 Å². The highest BCUT2D eigenvalue weighted by Gasteiger charge is 2.28. The van der Waals surface area contributed by atoms with Gasteiger partial charge in [0.25, 0.3) is 0 Å². The number of aliphatic hydroxyl groups is 1. The standard InChI is InChI=1S/C15H23NOS/c1-12(16)13-5-7-14(8-6-13)18-11-15(17)9-3-2-4-10-15/h5-8,12,17H,2-4,9-11,16H2,1H3. The highest BCUT2D eigenvalue weighted by Crippen LogP contribution is 2.33. The molecule has 1 aliphatic rings. The van der Waals surface area contributed by atoms with Crippen LogP contribution in [0.15, 0.2) is 29.2 Å². The molecule has 0 bridgehead atoms. The van der Waals surface area contributed by atoms with Crippen LogP contribution < -0.4 is 5.73 Å². The monoisotopic (exact) mass is 265 g/mol. The zero-order chi connectivity index (χ0) is 13.0. The van der Waals surface area contributed by atoms with Crippen LogP contribution >= 0.6 is 11.8 Å². The summed E-state index contributed by atoms with van der Waals surface area (Å²) >= 11 is 1.76. The number of rotatable bonds is 4. The summed E-state index contributed by atoms with van der Waals surface area (Å²) in [5.74, 6) is 0.810. The number of hydrogen-bond donors (Lipinski definition) is 2. The van der Waals surface area contributed by atoms with Gasteiger partial charge in [0, 0.05) is 16.7 Å². The molecule has 1 aliphatic carbocycles. The number of nitrogens with two attached hydrogens (primary N) is 1. The van der Waals surface area contributed by atoms with Crippen LogP contribution in [0.4, 0.5) is 0 Å². The van der Waals surface area contributed by atoms with Crippen LogP contribution in [0.5, 0.6) is 0 Å². The van der Waals surface area contributed by atoms with E-state index < -0.39 is 5.60 Å². The predicted molar refractivity (Wildman–Crippen MR) is 77.8 cm³/mol. The van der Waals surface area contributed by atoms with Crippen molar-refractivity contribution >= 4 is 11.8 Å². The van der Waals surface area contributed by atoms with Crippen molar-refractivity contribution in [3.8, 4) is 0 Å². The van der Waals surface area contributed by atoms with E-state index in [-0.39, 0.29) is 6.04 Å². The first kappa shape index (κ1) is 13.9. The van der Waals surface area contributed by atoms with E-state index >= 15 is 0 Å². The van der Waals surface area contributed by atoms with Crippen LogP contribution in [-0.4, -0.2) is 16.5 Å². The molecule has 1 fully saturated rings. The van der Waals surface area contributed by atoms with Gasteiger partial charge in [0.05, 0.1) is 5.60 Å². The SMILES string of the molecule is CC(N)c1ccc(SCC2(O)CCCCC2)cc1. The molecule has 1 aromatic rings. The molecule has 0 spiro atoms. The molecule has 1 aromatic carbocycles. The lowest BCUT2D eigenvalue weighted by atomic mass is 9.86. The summed E-state index contributed by atoms with van der Waals surface area (Å²) in [5, 5.41) is 10.4. The normalized spacial score (nSPS) is 20.6. The molecular formula is C15H23NOS. The van der Waals surface area contributed by atoms with E-state index in [0.29, 0.717) is 0 Å². The Morgan fingerprint density at radius 1 is 1.22 bits per heavy atom. The van der Waals surface area contributed by atoms with Crippen LogP contribution in [0.1, 0.15) is 50.6 Å². The van der Waals surface area contributed by atoms with Gasteiger partial charge >= 0.3 is 0 Å². The van der Waals surface area contributed by atoms with Gasteiger partial charge in [-0.05, 0) is 37.5 Å². The van der Waals surface area contributed by atoms with Crippen molar-refractivity contribution in [2.24, 2.45) is 5.73 Å². The van der Waals surface area contributed by atoms with E-state index in [1.54, 1.807) is 11.8 Å². The number of thioether (sulfide) groups is 1. The van der Waals surface area contributed by atoms with Gasteiger partial charge in [0.2, 0.25) is 0 Å². The lowest BCUT2D eigenvalue weighted by Crippen LogP contribution is -2.33. The molecule has 0 aromatic heterocycles. The molecule has 3 heteroatoms. The van der Waals surface area contributed by atoms with Crippen molar-refractivity contribution in [1.29, 1.82) is 0 Å². The second-order valence-electron chi connectivity index (χ2n) is 5.43. The minimum atomic E-state index is -0.442. The minimum absolute atomic E-state index is 0.0894. The summed E-state index contributed by atoms with van der Waals surface area (Å²) in [6, 6.07) is 8.47. The van der Waals surface area contributed by atoms with Crippen molar-refractivity contribution in [2.75, 3.05) is 5.75 Å². The zero-order valence-corrected chi connectivity index (χ0v) is 11.9. The minimum Gasteiger partial charge on any atom is -0.389 e. The van der Waals surface area contributed by atoms with Gasteiger partial charge in [0.1, 0.15) is 0 Å². The van der Waals surface area contributed by atoms with Gasteiger partial charge in [-0.15, -0.1) is 11.8 Å². The summed E-state index contributed by atoms with van der Waals surface area (Å²) in [6.45, 7) is 1.99. The maximum Gasteiger partial charge on any atom is 0.0741 e. The summed E-state index contributed by atoms with van der Waals surface area (Å²) in [7, 11) is 0. The molecule has 0 radical (unpaired) electrons. The van der Waals surface area contributed by atoms with Gasteiger partial charge in [-0.25, -0.2) is 0 Å². The Labute approximate surface area is 114 Å². The first-order chi connectivity index (χ1) is 8.59. The molecule has 0 aliphatic heterocycles. The number of hydrogen-bond acceptors (Lipinski definition) is 3. The van der Waals surface area contributed by atoms with Crippen molar-refractivity contribution < 1.29 is 5.11 Å². The van der Waals surface area contributed by atoms with Crippen LogP contribution in [0.2, 0.25) is 0 Å². The Morgan fingerprint density at radius 3 is 2.39 bits per heavy atom. The molecule has 1 unspecified atom stereocenters. The maximum atomic E-state index is 10.4. The molecule has 1 saturated carbocycles. The third-order valence-electron chi connectivity index (χ3n) is 3.70. The van der Waals surface area contributed by atoms with E-state index in [9.17, 15) is 5.11 Å². The molecule has 1 atom stereocenters. The van der Waals surface area contributed by atoms with Crippen molar-refractivity contribution in [2.45, 2.75) is 55.6 Å². The van der Waals surface area contributed by atoms with Gasteiger partial charge in [-0.3, -0.25) is 0 Å². The second kappa shape index (κ2) is 6.09. The Balaban J connectivity index is 1.89. The molecule has 18 heavy (non-hydrogen) atoms. The van der Waals surface area contributed by atoms with Crippen LogP contribution in [0.3, 0.4) is 0 Å². The zero-order valence-electron chi connectivity index (χ0n) is 11.1. The van der Waals surface area contributed by atoms with E-state index in [0.717, 1.165) is 24.2 Å². The fourth-order valence-corrected chi connectivity index (χ4v) is 3.49. The Bertz CT molecular complexity index is 369. The first-order valence-corrected chi connectivity index (χ1v) is 7.78. The van der Waals surface area contributed by atoms with Crippen LogP contribution in [0.25, 0.3) is 0 Å². The third-order valence-corrected chi connectivity index (χ3v) is 4.98. The fourth-order valence-electron chi connectivity index (χ4n) is 2.44. The molecule has 3 N–H and O–H groups in total. The average Bonchev–Trinajstić information content (AvgIpc) is 2.38. The Hall–Kier alpha value is -0.510. The average molecular weight is 265 g/mol. The van der Waals surface area contributed by atoms with Crippen LogP contribution in [0, 0.1) is 0 Å². The molecular weight excluding hydrogens is 242 g/mol. The lowest BCUT2D eigenvalue weighted by Gasteiger charge is -2.31. The van der Waals surface area contributed by atoms with Crippen molar-refractivity contribution in [3.63, 3.8) is 0 Å². The summed E-state index contributed by atoms with van der Waals surface area (Å²) in [5.41, 5.74) is 6.55. The second-order valence-corrected chi connectivity index (χ2v) is 6.48. The van der Waals surface area contributed by atoms with Crippen molar-refractivity contribution in [3.05, 3.63) is 29.8 Å². The fraction of sp³-hybridized carbons (Fsp3) is 0.600. The van der Waals surface area contributed by atoms with Crippen LogP contribution in [-0.2, 0) is 0 Å². The summed E-state index contributed by atoms with van der Waals surface area (Å²) in [6.07, 6.45) is 5.52. The Morgan fingerprint density at radius 2 is 1.83 bits per heavy atom. The van der Waals surface area contributed by atoms with E-state index in [2.05, 4.69) is 24.3 Å². The highest BCUT2D eigenvalue weighted by atomic mass is 32.2. The molecule has 2 rings (SSSR count). The largest absolute Gasteiger partial charge is 0.389 e. The quantitative estimate of drug-likeness (QED) is 0.819. The smallest absolute Gasteiger partial charge is 0.0741 e. The number of benzene rings is 1. The van der Waals surface area contributed by atoms with Gasteiger partial charge < -0.3 is 10.8 Å². The predicted octanol–water partition coefficient (Wildman–Crippen LogP) is 3.49. The summed E-state index contributed by atoms with van der Waals surface area (Å²) < 4.78 is 0. The highest BCUT2D eigenvalue weighted by molar-refractivity contribution is 7.99. The Kier molecular flexibility index (Phi) is 4.71. The first-order valence-electron chi connectivity index (χ1n) is 6.80. The van der Waals surface area contributed by atoms with Gasteiger partial charge in [-0.1, -0.05) is 31.4 Å². The topological polar surface area (TPSA) is 46.2 Å². The van der Waals surface area contributed by atoms with E-state index in [1.165, 1.54) is 24.2 Å². The lowest BCUT2D eigenvalue weighted by molar-refractivity contribution is 0.0273. The third kappa shape index (κ3) is 3.74. The van der Waals surface area contributed by atoms with Gasteiger partial charge in [0.15, 0.2) is 0 Å². The van der Waals surface area contributed by atoms with Crippen molar-refractivity contribution in [1.82, 2.24) is 0 Å². The molecule has 100 valence electrons.